The fourth-order valence-electron chi connectivity index (χ4n) is 1.54. The fourth-order valence-corrected chi connectivity index (χ4v) is 1.54. The first-order chi connectivity index (χ1) is 6.40. The SMILES string of the molecule is CCC(N)C(=O)N1CC(O)(C(C)C)C1. The molecular weight excluding hydrogens is 180 g/mol. The predicted molar refractivity (Wildman–Crippen MR) is 54.6 cm³/mol. The van der Waals surface area contributed by atoms with E-state index in [1.807, 2.05) is 20.8 Å². The van der Waals surface area contributed by atoms with Gasteiger partial charge in [0, 0.05) is 0 Å². The van der Waals surface area contributed by atoms with E-state index < -0.39 is 11.6 Å². The van der Waals surface area contributed by atoms with Crippen molar-refractivity contribution in [3.8, 4) is 0 Å². The lowest BCUT2D eigenvalue weighted by Gasteiger charge is -2.49. The number of aliphatic hydroxyl groups is 1. The van der Waals surface area contributed by atoms with Gasteiger partial charge in [0.2, 0.25) is 5.91 Å². The van der Waals surface area contributed by atoms with Crippen LogP contribution in [0, 0.1) is 5.92 Å². The summed E-state index contributed by atoms with van der Waals surface area (Å²) in [6.45, 7) is 6.66. The summed E-state index contributed by atoms with van der Waals surface area (Å²) in [5.41, 5.74) is 4.93. The number of amides is 1. The van der Waals surface area contributed by atoms with Crippen molar-refractivity contribution in [1.29, 1.82) is 0 Å². The van der Waals surface area contributed by atoms with Crippen LogP contribution in [0.3, 0.4) is 0 Å². The monoisotopic (exact) mass is 200 g/mol. The second kappa shape index (κ2) is 3.87. The number of rotatable bonds is 3. The van der Waals surface area contributed by atoms with Gasteiger partial charge in [-0.25, -0.2) is 0 Å². The van der Waals surface area contributed by atoms with E-state index in [0.717, 1.165) is 0 Å². The standard InChI is InChI=1S/C10H20N2O2/c1-4-8(11)9(13)12-5-10(14,6-12)7(2)3/h7-8,14H,4-6,11H2,1-3H3. The maximum absolute atomic E-state index is 11.6. The minimum absolute atomic E-state index is 0.0437. The molecule has 82 valence electrons. The molecule has 4 nitrogen and oxygen atoms in total. The van der Waals surface area contributed by atoms with Gasteiger partial charge in [-0.05, 0) is 12.3 Å². The zero-order valence-electron chi connectivity index (χ0n) is 9.16. The maximum atomic E-state index is 11.6. The van der Waals surface area contributed by atoms with Crippen LogP contribution in [0.2, 0.25) is 0 Å². The van der Waals surface area contributed by atoms with Gasteiger partial charge in [0.05, 0.1) is 19.1 Å². The fraction of sp³-hybridized carbons (Fsp3) is 0.900. The van der Waals surface area contributed by atoms with Crippen LogP contribution < -0.4 is 5.73 Å². The summed E-state index contributed by atoms with van der Waals surface area (Å²) in [7, 11) is 0. The first-order valence-corrected chi connectivity index (χ1v) is 5.17. The lowest BCUT2D eigenvalue weighted by molar-refractivity contribution is -0.165. The molecule has 1 rings (SSSR count). The third-order valence-corrected chi connectivity index (χ3v) is 3.07. The van der Waals surface area contributed by atoms with Crippen LogP contribution in [0.4, 0.5) is 0 Å². The average molecular weight is 200 g/mol. The topological polar surface area (TPSA) is 66.6 Å². The van der Waals surface area contributed by atoms with Crippen LogP contribution in [0.1, 0.15) is 27.2 Å². The van der Waals surface area contributed by atoms with Crippen molar-refractivity contribution in [2.45, 2.75) is 38.8 Å². The Kier molecular flexibility index (Phi) is 3.17. The second-order valence-corrected chi connectivity index (χ2v) is 4.47. The highest BCUT2D eigenvalue weighted by atomic mass is 16.3. The van der Waals surface area contributed by atoms with Gasteiger partial charge in [-0.2, -0.15) is 0 Å². The molecular formula is C10H20N2O2. The maximum Gasteiger partial charge on any atom is 0.239 e. The smallest absolute Gasteiger partial charge is 0.239 e. The van der Waals surface area contributed by atoms with Gasteiger partial charge >= 0.3 is 0 Å². The number of nitrogens with two attached hydrogens (primary N) is 1. The van der Waals surface area contributed by atoms with Crippen molar-refractivity contribution >= 4 is 5.91 Å². The second-order valence-electron chi connectivity index (χ2n) is 4.47. The zero-order valence-corrected chi connectivity index (χ0v) is 9.16. The van der Waals surface area contributed by atoms with Gasteiger partial charge in [-0.15, -0.1) is 0 Å². The molecule has 0 saturated carbocycles. The van der Waals surface area contributed by atoms with Gasteiger partial charge in [0.1, 0.15) is 5.60 Å². The van der Waals surface area contributed by atoms with Crippen LogP contribution in [0.25, 0.3) is 0 Å². The summed E-state index contributed by atoms with van der Waals surface area (Å²) in [4.78, 5) is 13.2. The summed E-state index contributed by atoms with van der Waals surface area (Å²) < 4.78 is 0. The average Bonchev–Trinajstić information content (AvgIpc) is 2.10. The molecule has 14 heavy (non-hydrogen) atoms. The molecule has 1 aliphatic rings. The van der Waals surface area contributed by atoms with Gasteiger partial charge < -0.3 is 15.7 Å². The highest BCUT2D eigenvalue weighted by Crippen LogP contribution is 2.28. The Labute approximate surface area is 85.1 Å². The van der Waals surface area contributed by atoms with Gasteiger partial charge in [0.25, 0.3) is 0 Å². The van der Waals surface area contributed by atoms with Gasteiger partial charge in [-0.1, -0.05) is 20.8 Å². The van der Waals surface area contributed by atoms with Crippen LogP contribution in [-0.4, -0.2) is 40.6 Å². The van der Waals surface area contributed by atoms with E-state index in [1.54, 1.807) is 4.90 Å². The molecule has 1 aliphatic heterocycles. The number of hydrogen-bond acceptors (Lipinski definition) is 3. The Morgan fingerprint density at radius 1 is 1.57 bits per heavy atom. The molecule has 3 N–H and O–H groups in total. The van der Waals surface area contributed by atoms with Gasteiger partial charge in [0.15, 0.2) is 0 Å². The van der Waals surface area contributed by atoms with Gasteiger partial charge in [-0.3, -0.25) is 4.79 Å². The third kappa shape index (κ3) is 1.91. The van der Waals surface area contributed by atoms with Crippen molar-refractivity contribution < 1.29 is 9.90 Å². The molecule has 0 aromatic rings. The van der Waals surface area contributed by atoms with Crippen molar-refractivity contribution in [3.63, 3.8) is 0 Å². The summed E-state index contributed by atoms with van der Waals surface area (Å²) in [5, 5.41) is 9.93. The van der Waals surface area contributed by atoms with Crippen molar-refractivity contribution in [2.75, 3.05) is 13.1 Å². The lowest BCUT2D eigenvalue weighted by Crippen LogP contribution is -2.67. The number of hydrogen-bond donors (Lipinski definition) is 2. The van der Waals surface area contributed by atoms with E-state index >= 15 is 0 Å². The highest BCUT2D eigenvalue weighted by molar-refractivity contribution is 5.82. The molecule has 0 spiro atoms. The largest absolute Gasteiger partial charge is 0.386 e. The minimum atomic E-state index is -0.691. The van der Waals surface area contributed by atoms with Crippen LogP contribution >= 0.6 is 0 Å². The predicted octanol–water partition coefficient (Wildman–Crippen LogP) is -0.0470. The van der Waals surface area contributed by atoms with E-state index in [0.29, 0.717) is 19.5 Å². The van der Waals surface area contributed by atoms with E-state index in [4.69, 9.17) is 5.73 Å². The number of β-amino-alcohol motifs (C(OH)–C–C–N with tert-alkyl or cyclic N) is 1. The van der Waals surface area contributed by atoms with Crippen LogP contribution in [0.5, 0.6) is 0 Å². The number of carbonyl (C=O) groups is 1. The molecule has 1 saturated heterocycles. The molecule has 0 bridgehead atoms. The molecule has 0 aliphatic carbocycles. The number of nitrogens with zero attached hydrogens (tertiary/aromatic N) is 1. The lowest BCUT2D eigenvalue weighted by atomic mass is 9.82. The molecule has 1 heterocycles. The minimum Gasteiger partial charge on any atom is -0.386 e. The van der Waals surface area contributed by atoms with Crippen LogP contribution in [-0.2, 0) is 4.79 Å². The summed E-state index contributed by atoms with van der Waals surface area (Å²) in [6.07, 6.45) is 0.648. The molecule has 1 atom stereocenters. The summed E-state index contributed by atoms with van der Waals surface area (Å²) >= 11 is 0. The number of carbonyl (C=O) groups excluding carboxylic acids is 1. The Morgan fingerprint density at radius 3 is 2.43 bits per heavy atom. The molecule has 0 aromatic heterocycles. The molecule has 0 aromatic carbocycles. The Morgan fingerprint density at radius 2 is 2.07 bits per heavy atom. The zero-order chi connectivity index (χ0) is 10.9. The first-order valence-electron chi connectivity index (χ1n) is 5.17. The Balaban J connectivity index is 2.45. The molecule has 0 radical (unpaired) electrons. The summed E-state index contributed by atoms with van der Waals surface area (Å²) in [6, 6.07) is -0.410. The third-order valence-electron chi connectivity index (χ3n) is 3.07. The quantitative estimate of drug-likeness (QED) is 0.671. The Hall–Kier alpha value is -0.610. The summed E-state index contributed by atoms with van der Waals surface area (Å²) in [5.74, 6) is 0.141. The molecule has 1 amide bonds. The first kappa shape index (κ1) is 11.5. The van der Waals surface area contributed by atoms with E-state index in [-0.39, 0.29) is 11.8 Å². The van der Waals surface area contributed by atoms with E-state index in [1.165, 1.54) is 0 Å². The van der Waals surface area contributed by atoms with E-state index in [2.05, 4.69) is 0 Å². The van der Waals surface area contributed by atoms with E-state index in [9.17, 15) is 9.90 Å². The molecule has 1 fully saturated rings. The molecule has 4 heteroatoms. The van der Waals surface area contributed by atoms with Crippen molar-refractivity contribution in [2.24, 2.45) is 11.7 Å². The van der Waals surface area contributed by atoms with Crippen LogP contribution in [0.15, 0.2) is 0 Å². The Bertz CT molecular complexity index is 222. The number of likely N-dealkylation sites (tertiary alicyclic amines) is 1. The highest BCUT2D eigenvalue weighted by Gasteiger charge is 2.46. The van der Waals surface area contributed by atoms with Crippen molar-refractivity contribution in [3.05, 3.63) is 0 Å². The normalized spacial score (nSPS) is 22.0. The van der Waals surface area contributed by atoms with Crippen molar-refractivity contribution in [1.82, 2.24) is 4.90 Å². The molecule has 1 unspecified atom stereocenters.